The van der Waals surface area contributed by atoms with Gasteiger partial charge in [0.25, 0.3) is 0 Å². The van der Waals surface area contributed by atoms with E-state index in [-0.39, 0.29) is 0 Å². The lowest BCUT2D eigenvalue weighted by Gasteiger charge is -2.21. The Morgan fingerprint density at radius 1 is 1.15 bits per heavy atom. The third-order valence-electron chi connectivity index (χ3n) is 2.28. The van der Waals surface area contributed by atoms with Crippen molar-refractivity contribution in [1.29, 1.82) is 0 Å². The molecule has 0 saturated heterocycles. The van der Waals surface area contributed by atoms with Gasteiger partial charge in [0.2, 0.25) is 0 Å². The summed E-state index contributed by atoms with van der Waals surface area (Å²) in [5.41, 5.74) is 4.89. The number of urea groups is 1. The SMILES string of the molecule is CN(Cc1ccccc1)C(=O)NNC(=O)OC(C)(C)C. The summed E-state index contributed by atoms with van der Waals surface area (Å²) in [7, 11) is 1.64. The average molecular weight is 279 g/mol. The molecule has 0 aliphatic heterocycles. The van der Waals surface area contributed by atoms with Crippen LogP contribution in [0.5, 0.6) is 0 Å². The van der Waals surface area contributed by atoms with E-state index in [2.05, 4.69) is 10.9 Å². The molecule has 6 nitrogen and oxygen atoms in total. The van der Waals surface area contributed by atoms with Crippen LogP contribution in [-0.2, 0) is 11.3 Å². The van der Waals surface area contributed by atoms with Crippen molar-refractivity contribution in [3.05, 3.63) is 35.9 Å². The standard InChI is InChI=1S/C14H21N3O3/c1-14(2,3)20-13(19)16-15-12(18)17(4)10-11-8-6-5-7-9-11/h5-9H,10H2,1-4H3,(H,15,18)(H,16,19). The zero-order chi connectivity index (χ0) is 15.2. The highest BCUT2D eigenvalue weighted by molar-refractivity contribution is 5.77. The third-order valence-corrected chi connectivity index (χ3v) is 2.28. The first-order valence-electron chi connectivity index (χ1n) is 6.32. The van der Waals surface area contributed by atoms with Crippen molar-refractivity contribution in [2.45, 2.75) is 32.9 Å². The Morgan fingerprint density at radius 3 is 2.30 bits per heavy atom. The molecule has 0 spiro atoms. The molecule has 0 bridgehead atoms. The van der Waals surface area contributed by atoms with E-state index in [0.29, 0.717) is 6.54 Å². The fourth-order valence-corrected chi connectivity index (χ4v) is 1.43. The Labute approximate surface area is 119 Å². The Balaban J connectivity index is 2.37. The highest BCUT2D eigenvalue weighted by Crippen LogP contribution is 2.06. The minimum Gasteiger partial charge on any atom is -0.443 e. The largest absolute Gasteiger partial charge is 0.443 e. The first-order valence-corrected chi connectivity index (χ1v) is 6.32. The lowest BCUT2D eigenvalue weighted by atomic mass is 10.2. The number of nitrogens with zero attached hydrogens (tertiary/aromatic N) is 1. The minimum atomic E-state index is -0.695. The molecule has 2 N–H and O–H groups in total. The van der Waals surface area contributed by atoms with Crippen molar-refractivity contribution in [2.24, 2.45) is 0 Å². The summed E-state index contributed by atoms with van der Waals surface area (Å²) in [5, 5.41) is 0. The minimum absolute atomic E-state index is 0.417. The molecule has 3 amide bonds. The molecule has 110 valence electrons. The summed E-state index contributed by atoms with van der Waals surface area (Å²) < 4.78 is 5.00. The maximum Gasteiger partial charge on any atom is 0.426 e. The molecule has 0 heterocycles. The van der Waals surface area contributed by atoms with Gasteiger partial charge in [-0.15, -0.1) is 0 Å². The van der Waals surface area contributed by atoms with Crippen molar-refractivity contribution in [3.8, 4) is 0 Å². The molecule has 0 radical (unpaired) electrons. The Bertz CT molecular complexity index is 454. The number of benzene rings is 1. The number of amides is 3. The number of hydrogen-bond acceptors (Lipinski definition) is 3. The van der Waals surface area contributed by atoms with Crippen LogP contribution < -0.4 is 10.9 Å². The zero-order valence-corrected chi connectivity index (χ0v) is 12.3. The average Bonchev–Trinajstić information content (AvgIpc) is 2.35. The second kappa shape index (κ2) is 6.79. The third kappa shape index (κ3) is 6.08. The van der Waals surface area contributed by atoms with E-state index in [4.69, 9.17) is 4.74 Å². The van der Waals surface area contributed by atoms with Crippen molar-refractivity contribution in [2.75, 3.05) is 7.05 Å². The molecular weight excluding hydrogens is 258 g/mol. The van der Waals surface area contributed by atoms with Gasteiger partial charge in [-0.3, -0.25) is 0 Å². The molecule has 0 atom stereocenters. The number of hydrogen-bond donors (Lipinski definition) is 2. The maximum atomic E-state index is 11.8. The van der Waals surface area contributed by atoms with Crippen LogP contribution in [0.15, 0.2) is 30.3 Å². The van der Waals surface area contributed by atoms with Crippen molar-refractivity contribution < 1.29 is 14.3 Å². The smallest absolute Gasteiger partial charge is 0.426 e. The van der Waals surface area contributed by atoms with Gasteiger partial charge in [0.1, 0.15) is 5.60 Å². The molecule has 0 saturated carbocycles. The summed E-state index contributed by atoms with van der Waals surface area (Å²) >= 11 is 0. The topological polar surface area (TPSA) is 70.7 Å². The van der Waals surface area contributed by atoms with Crippen molar-refractivity contribution in [1.82, 2.24) is 15.8 Å². The van der Waals surface area contributed by atoms with Crippen LogP contribution in [-0.4, -0.2) is 29.7 Å². The number of ether oxygens (including phenoxy) is 1. The summed E-state index contributed by atoms with van der Waals surface area (Å²) in [6.07, 6.45) is -0.695. The highest BCUT2D eigenvalue weighted by Gasteiger charge is 2.17. The van der Waals surface area contributed by atoms with Gasteiger partial charge < -0.3 is 9.64 Å². The van der Waals surface area contributed by atoms with Crippen LogP contribution in [0.1, 0.15) is 26.3 Å². The molecule has 1 aromatic carbocycles. The lowest BCUT2D eigenvalue weighted by molar-refractivity contribution is 0.0500. The predicted molar refractivity (Wildman–Crippen MR) is 75.8 cm³/mol. The van der Waals surface area contributed by atoms with Gasteiger partial charge in [-0.2, -0.15) is 0 Å². The fraction of sp³-hybridized carbons (Fsp3) is 0.429. The lowest BCUT2D eigenvalue weighted by Crippen LogP contribution is -2.48. The molecule has 1 rings (SSSR count). The van der Waals surface area contributed by atoms with Crippen LogP contribution in [0.2, 0.25) is 0 Å². The monoisotopic (exact) mass is 279 g/mol. The molecule has 6 heteroatoms. The quantitative estimate of drug-likeness (QED) is 0.816. The van der Waals surface area contributed by atoms with Gasteiger partial charge in [-0.1, -0.05) is 30.3 Å². The van der Waals surface area contributed by atoms with Crippen molar-refractivity contribution >= 4 is 12.1 Å². The van der Waals surface area contributed by atoms with E-state index in [9.17, 15) is 9.59 Å². The predicted octanol–water partition coefficient (Wildman–Crippen LogP) is 2.27. The van der Waals surface area contributed by atoms with Gasteiger partial charge in [0.05, 0.1) is 0 Å². The van der Waals surface area contributed by atoms with E-state index < -0.39 is 17.7 Å². The zero-order valence-electron chi connectivity index (χ0n) is 12.3. The summed E-state index contributed by atoms with van der Waals surface area (Å²) in [6.45, 7) is 5.68. The van der Waals surface area contributed by atoms with E-state index in [1.807, 2.05) is 30.3 Å². The van der Waals surface area contributed by atoms with Gasteiger partial charge in [0, 0.05) is 13.6 Å². The van der Waals surface area contributed by atoms with Gasteiger partial charge in [-0.25, -0.2) is 20.4 Å². The normalized spacial score (nSPS) is 10.6. The Hall–Kier alpha value is -2.24. The van der Waals surface area contributed by atoms with Gasteiger partial charge >= 0.3 is 12.1 Å². The molecule has 0 aliphatic rings. The summed E-state index contributed by atoms with van der Waals surface area (Å²) in [6, 6.07) is 9.14. The maximum absolute atomic E-state index is 11.8. The second-order valence-corrected chi connectivity index (χ2v) is 5.40. The first kappa shape index (κ1) is 15.8. The molecular formula is C14H21N3O3. The highest BCUT2D eigenvalue weighted by atomic mass is 16.6. The van der Waals surface area contributed by atoms with Crippen LogP contribution in [0.3, 0.4) is 0 Å². The number of nitrogens with one attached hydrogen (secondary N) is 2. The number of carbonyl (C=O) groups is 2. The number of carbonyl (C=O) groups excluding carboxylic acids is 2. The van der Waals surface area contributed by atoms with Crippen molar-refractivity contribution in [3.63, 3.8) is 0 Å². The van der Waals surface area contributed by atoms with Gasteiger partial charge in [0.15, 0.2) is 0 Å². The number of hydrazine groups is 1. The second-order valence-electron chi connectivity index (χ2n) is 5.40. The molecule has 0 aliphatic carbocycles. The van der Waals surface area contributed by atoms with E-state index in [1.165, 1.54) is 4.90 Å². The molecule has 1 aromatic rings. The Morgan fingerprint density at radius 2 is 1.75 bits per heavy atom. The summed E-state index contributed by atoms with van der Waals surface area (Å²) in [4.78, 5) is 24.6. The van der Waals surface area contributed by atoms with E-state index in [0.717, 1.165) is 5.56 Å². The fourth-order valence-electron chi connectivity index (χ4n) is 1.43. The van der Waals surface area contributed by atoms with Crippen LogP contribution in [0.4, 0.5) is 9.59 Å². The van der Waals surface area contributed by atoms with E-state index in [1.54, 1.807) is 27.8 Å². The van der Waals surface area contributed by atoms with E-state index >= 15 is 0 Å². The molecule has 0 fully saturated rings. The first-order chi connectivity index (χ1) is 9.28. The van der Waals surface area contributed by atoms with Gasteiger partial charge in [-0.05, 0) is 26.3 Å². The Kier molecular flexibility index (Phi) is 5.37. The molecule has 0 unspecified atom stereocenters. The molecule has 0 aromatic heterocycles. The summed E-state index contributed by atoms with van der Waals surface area (Å²) in [5.74, 6) is 0. The van der Waals surface area contributed by atoms with Crippen LogP contribution in [0.25, 0.3) is 0 Å². The van der Waals surface area contributed by atoms with Crippen LogP contribution >= 0.6 is 0 Å². The number of rotatable bonds is 2. The van der Waals surface area contributed by atoms with Crippen LogP contribution in [0, 0.1) is 0 Å². The molecule has 20 heavy (non-hydrogen) atoms.